The van der Waals surface area contributed by atoms with Crippen molar-refractivity contribution >= 4 is 11.6 Å². The highest BCUT2D eigenvalue weighted by Crippen LogP contribution is 2.11. The zero-order chi connectivity index (χ0) is 15.2. The predicted octanol–water partition coefficient (Wildman–Crippen LogP) is 2.61. The second-order valence-electron chi connectivity index (χ2n) is 4.86. The van der Waals surface area contributed by atoms with E-state index in [-0.39, 0.29) is 11.9 Å². The molecule has 2 aromatic rings. The largest absolute Gasteiger partial charge is 0.320 e. The molecule has 0 radical (unpaired) electrons. The number of nitrogens with one attached hydrogen (secondary N) is 1. The molecule has 0 aliphatic heterocycles. The number of carbonyl (C=O) groups excluding carboxylic acids is 1. The molecule has 0 aliphatic carbocycles. The maximum atomic E-state index is 12.3. The number of carbonyl (C=O) groups is 1. The second kappa shape index (κ2) is 6.67. The molecule has 21 heavy (non-hydrogen) atoms. The molecule has 1 atom stereocenters. The molecule has 0 saturated carbocycles. The molecule has 0 fully saturated rings. The Balaban J connectivity index is 2.09. The molecule has 106 valence electrons. The van der Waals surface area contributed by atoms with Gasteiger partial charge in [-0.3, -0.25) is 4.79 Å². The highest BCUT2D eigenvalue weighted by molar-refractivity contribution is 5.92. The highest BCUT2D eigenvalue weighted by atomic mass is 16.2. The average Bonchev–Trinajstić information content (AvgIpc) is 2.54. The van der Waals surface area contributed by atoms with Crippen molar-refractivity contribution in [3.63, 3.8) is 0 Å². The van der Waals surface area contributed by atoms with Gasteiger partial charge < -0.3 is 5.32 Å². The first-order valence-electron chi connectivity index (χ1n) is 6.94. The Morgan fingerprint density at radius 1 is 1.33 bits per heavy atom. The zero-order valence-corrected chi connectivity index (χ0v) is 12.2. The summed E-state index contributed by atoms with van der Waals surface area (Å²) in [6, 6.07) is 12.7. The highest BCUT2D eigenvalue weighted by Gasteiger charge is 2.21. The Kier molecular flexibility index (Phi) is 4.68. The minimum atomic E-state index is -0.318. The standard InChI is InChI=1S/C17H17N3O/c1-3-14-7-9-20(10-8-14)13(2)17(21)19-16-6-4-5-15(11-16)12-18/h4-11,13H,3H2,1-2H3/p+1/t13-/m0/s1. The third-order valence-electron chi connectivity index (χ3n) is 3.42. The van der Waals surface area contributed by atoms with Gasteiger partial charge in [0, 0.05) is 24.7 Å². The number of nitriles is 1. The summed E-state index contributed by atoms with van der Waals surface area (Å²) in [5.74, 6) is -0.112. The lowest BCUT2D eigenvalue weighted by atomic mass is 10.2. The van der Waals surface area contributed by atoms with Gasteiger partial charge in [0.25, 0.3) is 5.91 Å². The van der Waals surface area contributed by atoms with Crippen LogP contribution in [0.2, 0.25) is 0 Å². The molecule has 0 spiro atoms. The van der Waals surface area contributed by atoms with Crippen LogP contribution in [0.1, 0.15) is 31.0 Å². The van der Waals surface area contributed by atoms with Gasteiger partial charge in [-0.1, -0.05) is 13.0 Å². The van der Waals surface area contributed by atoms with Crippen LogP contribution in [0.4, 0.5) is 5.69 Å². The summed E-state index contributed by atoms with van der Waals surface area (Å²) in [5.41, 5.74) is 2.40. The minimum Gasteiger partial charge on any atom is -0.320 e. The molecule has 0 saturated heterocycles. The van der Waals surface area contributed by atoms with Crippen LogP contribution < -0.4 is 9.88 Å². The molecule has 1 aromatic heterocycles. The average molecular weight is 280 g/mol. The first kappa shape index (κ1) is 14.7. The molecule has 0 unspecified atom stereocenters. The summed E-state index contributed by atoms with van der Waals surface area (Å²) >= 11 is 0. The molecule has 1 aromatic carbocycles. The number of hydrogen-bond acceptors (Lipinski definition) is 2. The summed E-state index contributed by atoms with van der Waals surface area (Å²) in [6.07, 6.45) is 4.80. The first-order valence-corrected chi connectivity index (χ1v) is 6.94. The fourth-order valence-corrected chi connectivity index (χ4v) is 2.01. The fraction of sp³-hybridized carbons (Fsp3) is 0.235. The normalized spacial score (nSPS) is 11.5. The lowest BCUT2D eigenvalue weighted by Gasteiger charge is -2.09. The van der Waals surface area contributed by atoms with Crippen molar-refractivity contribution in [1.82, 2.24) is 0 Å². The Morgan fingerprint density at radius 2 is 2.05 bits per heavy atom. The molecule has 4 nitrogen and oxygen atoms in total. The van der Waals surface area contributed by atoms with E-state index in [1.807, 2.05) is 36.0 Å². The van der Waals surface area contributed by atoms with Crippen molar-refractivity contribution in [3.05, 3.63) is 59.9 Å². The van der Waals surface area contributed by atoms with Gasteiger partial charge in [-0.2, -0.15) is 9.83 Å². The minimum absolute atomic E-state index is 0.112. The lowest BCUT2D eigenvalue weighted by Crippen LogP contribution is -2.44. The lowest BCUT2D eigenvalue weighted by molar-refractivity contribution is -0.705. The number of rotatable bonds is 4. The molecule has 1 heterocycles. The van der Waals surface area contributed by atoms with Crippen molar-refractivity contribution in [1.29, 1.82) is 5.26 Å². The fourth-order valence-electron chi connectivity index (χ4n) is 2.01. The van der Waals surface area contributed by atoms with Gasteiger partial charge in [-0.15, -0.1) is 0 Å². The van der Waals surface area contributed by atoms with Gasteiger partial charge >= 0.3 is 0 Å². The van der Waals surface area contributed by atoms with Crippen LogP contribution in [-0.2, 0) is 11.2 Å². The van der Waals surface area contributed by atoms with E-state index in [0.29, 0.717) is 11.3 Å². The van der Waals surface area contributed by atoms with E-state index in [1.165, 1.54) is 5.56 Å². The molecule has 1 N–H and O–H groups in total. The molecule has 2 rings (SSSR count). The molecule has 4 heteroatoms. The van der Waals surface area contributed by atoms with E-state index in [0.717, 1.165) is 6.42 Å². The first-order chi connectivity index (χ1) is 10.1. The monoisotopic (exact) mass is 280 g/mol. The Morgan fingerprint density at radius 3 is 2.67 bits per heavy atom. The summed E-state index contributed by atoms with van der Waals surface area (Å²) in [7, 11) is 0. The van der Waals surface area contributed by atoms with E-state index in [4.69, 9.17) is 5.26 Å². The van der Waals surface area contributed by atoms with Gasteiger partial charge in [0.1, 0.15) is 0 Å². The maximum Gasteiger partial charge on any atom is 0.293 e. The topological polar surface area (TPSA) is 56.8 Å². The quantitative estimate of drug-likeness (QED) is 0.875. The van der Waals surface area contributed by atoms with E-state index in [1.54, 1.807) is 24.3 Å². The number of anilines is 1. The van der Waals surface area contributed by atoms with E-state index < -0.39 is 0 Å². The smallest absolute Gasteiger partial charge is 0.293 e. The number of pyridine rings is 1. The van der Waals surface area contributed by atoms with Crippen LogP contribution in [0.5, 0.6) is 0 Å². The summed E-state index contributed by atoms with van der Waals surface area (Å²) < 4.78 is 1.86. The van der Waals surface area contributed by atoms with Crippen molar-refractivity contribution < 1.29 is 9.36 Å². The summed E-state index contributed by atoms with van der Waals surface area (Å²) in [4.78, 5) is 12.3. The van der Waals surface area contributed by atoms with Crippen LogP contribution in [0.3, 0.4) is 0 Å². The Bertz CT molecular complexity index is 671. The molecule has 0 bridgehead atoms. The number of benzene rings is 1. The van der Waals surface area contributed by atoms with Crippen molar-refractivity contribution in [2.75, 3.05) is 5.32 Å². The maximum absolute atomic E-state index is 12.3. The van der Waals surface area contributed by atoms with Crippen molar-refractivity contribution in [3.8, 4) is 6.07 Å². The number of aryl methyl sites for hydroxylation is 1. The van der Waals surface area contributed by atoms with Gasteiger partial charge in [-0.05, 0) is 30.2 Å². The van der Waals surface area contributed by atoms with Crippen LogP contribution in [0.25, 0.3) is 0 Å². The van der Waals surface area contributed by atoms with Crippen LogP contribution in [0.15, 0.2) is 48.8 Å². The predicted molar refractivity (Wildman–Crippen MR) is 80.5 cm³/mol. The van der Waals surface area contributed by atoms with E-state index in [2.05, 4.69) is 18.3 Å². The van der Waals surface area contributed by atoms with Crippen molar-refractivity contribution in [2.24, 2.45) is 0 Å². The van der Waals surface area contributed by atoms with Crippen molar-refractivity contribution in [2.45, 2.75) is 26.3 Å². The number of aromatic nitrogens is 1. The summed E-state index contributed by atoms with van der Waals surface area (Å²) in [6.45, 7) is 3.94. The summed E-state index contributed by atoms with van der Waals surface area (Å²) in [5, 5.41) is 11.7. The zero-order valence-electron chi connectivity index (χ0n) is 12.2. The Labute approximate surface area is 124 Å². The Hall–Kier alpha value is -2.67. The number of nitrogens with zero attached hydrogens (tertiary/aromatic N) is 2. The van der Waals surface area contributed by atoms with Gasteiger partial charge in [0.15, 0.2) is 12.4 Å². The molecule has 0 aliphatic rings. The van der Waals surface area contributed by atoms with Crippen LogP contribution in [0, 0.1) is 11.3 Å². The van der Waals surface area contributed by atoms with Crippen LogP contribution in [-0.4, -0.2) is 5.91 Å². The number of amides is 1. The molecular weight excluding hydrogens is 262 g/mol. The number of hydrogen-bond donors (Lipinski definition) is 1. The van der Waals surface area contributed by atoms with Gasteiger partial charge in [0.05, 0.1) is 11.6 Å². The second-order valence-corrected chi connectivity index (χ2v) is 4.86. The molecular formula is C17H18N3O+. The third kappa shape index (κ3) is 3.67. The SMILES string of the molecule is CCc1cc[n+]([C@@H](C)C(=O)Nc2cccc(C#N)c2)cc1. The third-order valence-corrected chi connectivity index (χ3v) is 3.42. The van der Waals surface area contributed by atoms with Crippen LogP contribution >= 0.6 is 0 Å². The van der Waals surface area contributed by atoms with E-state index in [9.17, 15) is 4.79 Å². The molecule has 1 amide bonds. The van der Waals surface area contributed by atoms with E-state index >= 15 is 0 Å². The van der Waals surface area contributed by atoms with Gasteiger partial charge in [-0.25, -0.2) is 0 Å². The van der Waals surface area contributed by atoms with Gasteiger partial charge in [0.2, 0.25) is 6.04 Å².